The second-order valence-electron chi connectivity index (χ2n) is 11.1. The smallest absolute Gasteiger partial charge is 0.242 e. The number of benzene rings is 3. The average Bonchev–Trinajstić information content (AvgIpc) is 3.65. The van der Waals surface area contributed by atoms with E-state index in [0.29, 0.717) is 23.8 Å². The van der Waals surface area contributed by atoms with Gasteiger partial charge in [0.1, 0.15) is 12.5 Å². The third-order valence-corrected chi connectivity index (χ3v) is 8.67. The number of piperidine rings is 1. The van der Waals surface area contributed by atoms with Crippen LogP contribution >= 0.6 is 0 Å². The van der Waals surface area contributed by atoms with Gasteiger partial charge in [-0.2, -0.15) is 5.10 Å². The number of carbonyl (C=O) groups excluding carboxylic acids is 2. The summed E-state index contributed by atoms with van der Waals surface area (Å²) in [6.07, 6.45) is 4.37. The Balaban J connectivity index is 1.37. The number of aromatic nitrogens is 5. The van der Waals surface area contributed by atoms with Crippen molar-refractivity contribution >= 4 is 28.4 Å². The highest BCUT2D eigenvalue weighted by molar-refractivity contribution is 6.05. The summed E-state index contributed by atoms with van der Waals surface area (Å²) in [5.41, 5.74) is 4.04. The molecule has 2 aliphatic heterocycles. The average molecular weight is 560 g/mol. The Morgan fingerprint density at radius 3 is 2.52 bits per heavy atom. The Labute approximate surface area is 244 Å². The summed E-state index contributed by atoms with van der Waals surface area (Å²) in [4.78, 5) is 32.2. The van der Waals surface area contributed by atoms with Crippen LogP contribution in [0.4, 0.5) is 5.69 Å². The van der Waals surface area contributed by atoms with Gasteiger partial charge >= 0.3 is 0 Å². The quantitative estimate of drug-likeness (QED) is 0.305. The number of anilines is 1. The third-order valence-electron chi connectivity index (χ3n) is 8.67. The number of hydrogen-bond acceptors (Lipinski definition) is 5. The number of nitrogens with one attached hydrogen (secondary N) is 1. The maximum atomic E-state index is 14.7. The number of H-pyrrole nitrogens is 1. The summed E-state index contributed by atoms with van der Waals surface area (Å²) in [6, 6.07) is 25.7. The highest BCUT2D eigenvalue weighted by Gasteiger charge is 2.40. The van der Waals surface area contributed by atoms with E-state index in [4.69, 9.17) is 0 Å². The maximum Gasteiger partial charge on any atom is 0.242 e. The first-order chi connectivity index (χ1) is 20.6. The van der Waals surface area contributed by atoms with Gasteiger partial charge in [-0.1, -0.05) is 67.6 Å². The first-order valence-electron chi connectivity index (χ1n) is 14.8. The number of nitrogens with zero attached hydrogens (tertiary/aromatic N) is 6. The normalized spacial score (nSPS) is 18.5. The topological polar surface area (TPSA) is 100 Å². The minimum Gasteiger partial charge on any atom is -0.338 e. The number of hydrogen-bond donors (Lipinski definition) is 1. The van der Waals surface area contributed by atoms with Crippen molar-refractivity contribution in [2.24, 2.45) is 0 Å². The van der Waals surface area contributed by atoms with Gasteiger partial charge in [-0.15, -0.1) is 10.2 Å². The molecule has 42 heavy (non-hydrogen) atoms. The van der Waals surface area contributed by atoms with Crippen molar-refractivity contribution in [3.63, 3.8) is 0 Å². The Morgan fingerprint density at radius 1 is 0.929 bits per heavy atom. The van der Waals surface area contributed by atoms with Crippen LogP contribution in [0.5, 0.6) is 0 Å². The second kappa shape index (κ2) is 10.9. The summed E-state index contributed by atoms with van der Waals surface area (Å²) < 4.78 is 1.99. The van der Waals surface area contributed by atoms with Crippen LogP contribution in [0.1, 0.15) is 50.0 Å². The van der Waals surface area contributed by atoms with E-state index in [9.17, 15) is 9.59 Å². The predicted octanol–water partition coefficient (Wildman–Crippen LogP) is 5.27. The molecular formula is C33H33N7O2. The molecule has 1 saturated heterocycles. The van der Waals surface area contributed by atoms with E-state index < -0.39 is 5.92 Å². The molecule has 0 radical (unpaired) electrons. The Hall–Kier alpha value is -4.79. The molecule has 9 nitrogen and oxygen atoms in total. The minimum absolute atomic E-state index is 0.0172. The molecule has 1 unspecified atom stereocenters. The molecule has 0 saturated carbocycles. The minimum atomic E-state index is -0.692. The van der Waals surface area contributed by atoms with Crippen LogP contribution in [-0.4, -0.2) is 60.8 Å². The molecule has 4 heterocycles. The van der Waals surface area contributed by atoms with Crippen molar-refractivity contribution in [2.45, 2.75) is 51.0 Å². The molecule has 5 aromatic rings. The van der Waals surface area contributed by atoms with E-state index in [2.05, 4.69) is 27.3 Å². The summed E-state index contributed by atoms with van der Waals surface area (Å²) in [6.45, 7) is 2.84. The van der Waals surface area contributed by atoms with Gasteiger partial charge in [0, 0.05) is 35.7 Å². The molecule has 1 fully saturated rings. The Morgan fingerprint density at radius 2 is 1.69 bits per heavy atom. The predicted molar refractivity (Wildman–Crippen MR) is 161 cm³/mol. The van der Waals surface area contributed by atoms with Gasteiger partial charge in [0.2, 0.25) is 11.8 Å². The molecule has 0 aliphatic carbocycles. The van der Waals surface area contributed by atoms with Gasteiger partial charge in [0.05, 0.1) is 16.9 Å². The van der Waals surface area contributed by atoms with Crippen LogP contribution in [0.3, 0.4) is 0 Å². The van der Waals surface area contributed by atoms with E-state index in [1.807, 2.05) is 88.3 Å². The number of amides is 2. The molecule has 0 bridgehead atoms. The molecule has 3 aromatic carbocycles. The van der Waals surface area contributed by atoms with Gasteiger partial charge in [0.15, 0.2) is 11.6 Å². The van der Waals surface area contributed by atoms with Crippen LogP contribution in [0.15, 0.2) is 78.9 Å². The van der Waals surface area contributed by atoms with Crippen molar-refractivity contribution in [3.8, 4) is 17.1 Å². The molecule has 0 spiro atoms. The first kappa shape index (κ1) is 26.1. The van der Waals surface area contributed by atoms with E-state index in [1.165, 1.54) is 0 Å². The first-order valence-corrected chi connectivity index (χ1v) is 14.8. The third kappa shape index (κ3) is 4.45. The van der Waals surface area contributed by atoms with Crippen molar-refractivity contribution < 1.29 is 9.59 Å². The Kier molecular flexibility index (Phi) is 6.77. The lowest BCUT2D eigenvalue weighted by Gasteiger charge is -2.37. The van der Waals surface area contributed by atoms with E-state index in [1.54, 1.807) is 4.90 Å². The van der Waals surface area contributed by atoms with Crippen LogP contribution in [0.25, 0.3) is 28.0 Å². The van der Waals surface area contributed by atoms with E-state index in [0.717, 1.165) is 60.1 Å². The monoisotopic (exact) mass is 559 g/mol. The van der Waals surface area contributed by atoms with Crippen molar-refractivity contribution in [3.05, 3.63) is 90.4 Å². The standard InChI is InChI=1S/C33H33N7O2/c1-2-23-14-10-11-19-38(23)30(41)21-39-28-17-8-9-18-29(28)40-31(22-12-4-3-5-13-22)36-37-32(40)25(33(39)42)20-27-24-15-6-7-16-26(24)34-35-27/h3-9,12-13,15-18,23,25H,2,10-11,14,19-21H2,1H3,(H,34,35)/t23?,25-/m0/s1. The van der Waals surface area contributed by atoms with Crippen LogP contribution in [0.2, 0.25) is 0 Å². The summed E-state index contributed by atoms with van der Waals surface area (Å²) in [5, 5.41) is 17.9. The molecule has 9 heteroatoms. The number of likely N-dealkylation sites (tertiary alicyclic amines) is 1. The van der Waals surface area contributed by atoms with Crippen molar-refractivity contribution in [1.29, 1.82) is 0 Å². The SMILES string of the molecule is CCC1CCCCN1C(=O)CN1C(=O)[C@@H](Cc2[nH]nc3ccccc23)c2nnc(-c3ccccc3)n2-c2ccccc21. The summed E-state index contributed by atoms with van der Waals surface area (Å²) in [7, 11) is 0. The molecular weight excluding hydrogens is 526 g/mol. The second-order valence-corrected chi connectivity index (χ2v) is 11.1. The molecule has 2 amide bonds. The fourth-order valence-electron chi connectivity index (χ4n) is 6.53. The molecule has 212 valence electrons. The molecule has 2 atom stereocenters. The number of fused-ring (bicyclic) bond motifs is 4. The highest BCUT2D eigenvalue weighted by Crippen LogP contribution is 2.39. The number of para-hydroxylation sites is 3. The molecule has 2 aromatic heterocycles. The van der Waals surface area contributed by atoms with Gasteiger partial charge in [0.25, 0.3) is 0 Å². The largest absolute Gasteiger partial charge is 0.338 e. The number of aromatic amines is 1. The van der Waals surface area contributed by atoms with Gasteiger partial charge in [-0.05, 0) is 43.9 Å². The highest BCUT2D eigenvalue weighted by atomic mass is 16.2. The van der Waals surface area contributed by atoms with Gasteiger partial charge in [-0.3, -0.25) is 19.3 Å². The van der Waals surface area contributed by atoms with Crippen LogP contribution < -0.4 is 4.90 Å². The lowest BCUT2D eigenvalue weighted by atomic mass is 9.98. The number of rotatable bonds is 6. The maximum absolute atomic E-state index is 14.7. The molecule has 7 rings (SSSR count). The molecule has 1 N–H and O–H groups in total. The van der Waals surface area contributed by atoms with E-state index >= 15 is 0 Å². The van der Waals surface area contributed by atoms with Crippen molar-refractivity contribution in [2.75, 3.05) is 18.0 Å². The lowest BCUT2D eigenvalue weighted by molar-refractivity contribution is -0.135. The van der Waals surface area contributed by atoms with Crippen LogP contribution in [0, 0.1) is 0 Å². The summed E-state index contributed by atoms with van der Waals surface area (Å²) >= 11 is 0. The fraction of sp³-hybridized carbons (Fsp3) is 0.303. The Bertz CT molecular complexity index is 1760. The number of carbonyl (C=O) groups is 2. The van der Waals surface area contributed by atoms with E-state index in [-0.39, 0.29) is 24.4 Å². The zero-order valence-electron chi connectivity index (χ0n) is 23.6. The molecule has 2 aliphatic rings. The van der Waals surface area contributed by atoms with Crippen molar-refractivity contribution in [1.82, 2.24) is 29.9 Å². The van der Waals surface area contributed by atoms with Crippen LogP contribution in [-0.2, 0) is 16.0 Å². The fourth-order valence-corrected chi connectivity index (χ4v) is 6.53. The lowest BCUT2D eigenvalue weighted by Crippen LogP contribution is -2.49. The van der Waals surface area contributed by atoms with Gasteiger partial charge < -0.3 is 9.80 Å². The zero-order valence-corrected chi connectivity index (χ0v) is 23.6. The zero-order chi connectivity index (χ0) is 28.6. The summed E-state index contributed by atoms with van der Waals surface area (Å²) in [5.74, 6) is 0.314. The van der Waals surface area contributed by atoms with Gasteiger partial charge in [-0.25, -0.2) is 0 Å².